The number of hydrogen-bond acceptors (Lipinski definition) is 4. The van der Waals surface area contributed by atoms with Crippen molar-refractivity contribution < 1.29 is 19.4 Å². The number of fused-ring (bicyclic) bond motifs is 1. The summed E-state index contributed by atoms with van der Waals surface area (Å²) in [5, 5.41) is 16.0. The molecule has 0 saturated heterocycles. The monoisotopic (exact) mass is 382 g/mol. The van der Waals surface area contributed by atoms with Crippen molar-refractivity contribution in [2.24, 2.45) is 0 Å². The highest BCUT2D eigenvalue weighted by Gasteiger charge is 2.12. The van der Waals surface area contributed by atoms with Crippen LogP contribution in [0.5, 0.6) is 11.5 Å². The van der Waals surface area contributed by atoms with Gasteiger partial charge in [0.25, 0.3) is 5.91 Å². The largest absolute Gasteiger partial charge is 0.545 e. The number of amides is 1. The lowest BCUT2D eigenvalue weighted by molar-refractivity contribution is -0.255. The molecule has 29 heavy (non-hydrogen) atoms. The Morgan fingerprint density at radius 3 is 2.14 bits per heavy atom. The van der Waals surface area contributed by atoms with Gasteiger partial charge in [0.1, 0.15) is 11.5 Å². The Kier molecular flexibility index (Phi) is 4.95. The van der Waals surface area contributed by atoms with E-state index in [1.165, 1.54) is 12.1 Å². The molecule has 5 heteroatoms. The molecular weight excluding hydrogens is 366 g/mol. The molecular formula is C24H16NO4-. The van der Waals surface area contributed by atoms with E-state index in [-0.39, 0.29) is 11.1 Å². The maximum absolute atomic E-state index is 12.4. The molecule has 0 aliphatic carbocycles. The van der Waals surface area contributed by atoms with Crippen LogP contribution in [0.4, 0.5) is 5.69 Å². The van der Waals surface area contributed by atoms with Gasteiger partial charge < -0.3 is 20.0 Å². The topological polar surface area (TPSA) is 78.5 Å². The third-order valence-corrected chi connectivity index (χ3v) is 4.48. The van der Waals surface area contributed by atoms with Crippen LogP contribution in [0.1, 0.15) is 20.7 Å². The lowest BCUT2D eigenvalue weighted by atomic mass is 10.1. The Morgan fingerprint density at radius 1 is 0.724 bits per heavy atom. The lowest BCUT2D eigenvalue weighted by Gasteiger charge is -2.12. The number of nitrogens with one attached hydrogen (secondary N) is 1. The third-order valence-electron chi connectivity index (χ3n) is 4.48. The van der Waals surface area contributed by atoms with Crippen LogP contribution in [0.3, 0.4) is 0 Å². The van der Waals surface area contributed by atoms with Gasteiger partial charge in [0, 0.05) is 22.2 Å². The molecule has 0 fully saturated rings. The van der Waals surface area contributed by atoms with E-state index in [1.54, 1.807) is 36.4 Å². The lowest BCUT2D eigenvalue weighted by Crippen LogP contribution is -2.26. The highest BCUT2D eigenvalue weighted by molar-refractivity contribution is 6.10. The van der Waals surface area contributed by atoms with Crippen LogP contribution in [0.25, 0.3) is 10.8 Å². The SMILES string of the molecule is O=C([O-])c1ccccc1C(=O)Nc1ccc(Oc2cccc3ccccc23)cc1. The summed E-state index contributed by atoms with van der Waals surface area (Å²) >= 11 is 0. The van der Waals surface area contributed by atoms with Crippen molar-refractivity contribution in [3.8, 4) is 11.5 Å². The van der Waals surface area contributed by atoms with Crippen molar-refractivity contribution in [3.05, 3.63) is 102 Å². The summed E-state index contributed by atoms with van der Waals surface area (Å²) < 4.78 is 5.99. The first-order chi connectivity index (χ1) is 14.1. The number of carbonyl (C=O) groups excluding carboxylic acids is 2. The second-order valence-electron chi connectivity index (χ2n) is 6.39. The van der Waals surface area contributed by atoms with Crippen LogP contribution >= 0.6 is 0 Å². The quantitative estimate of drug-likeness (QED) is 0.560. The van der Waals surface area contributed by atoms with E-state index in [0.717, 1.165) is 16.5 Å². The van der Waals surface area contributed by atoms with E-state index in [1.807, 2.05) is 42.5 Å². The molecule has 0 spiro atoms. The Bertz CT molecular complexity index is 1190. The summed E-state index contributed by atoms with van der Waals surface area (Å²) in [5.41, 5.74) is 0.415. The Balaban J connectivity index is 1.51. The van der Waals surface area contributed by atoms with Gasteiger partial charge in [0.15, 0.2) is 0 Å². The van der Waals surface area contributed by atoms with Gasteiger partial charge in [0.2, 0.25) is 0 Å². The van der Waals surface area contributed by atoms with E-state index in [0.29, 0.717) is 11.4 Å². The van der Waals surface area contributed by atoms with Gasteiger partial charge in [-0.15, -0.1) is 0 Å². The Hall–Kier alpha value is -4.12. The molecule has 0 aromatic heterocycles. The predicted octanol–water partition coefficient (Wildman–Crippen LogP) is 4.25. The van der Waals surface area contributed by atoms with Crippen molar-refractivity contribution in [1.29, 1.82) is 0 Å². The molecule has 4 aromatic rings. The number of rotatable bonds is 5. The van der Waals surface area contributed by atoms with Crippen molar-refractivity contribution in [3.63, 3.8) is 0 Å². The number of carboxylic acids is 1. The first-order valence-electron chi connectivity index (χ1n) is 8.99. The molecule has 4 aromatic carbocycles. The summed E-state index contributed by atoms with van der Waals surface area (Å²) in [7, 11) is 0. The van der Waals surface area contributed by atoms with Crippen LogP contribution in [0.2, 0.25) is 0 Å². The smallest absolute Gasteiger partial charge is 0.256 e. The highest BCUT2D eigenvalue weighted by atomic mass is 16.5. The highest BCUT2D eigenvalue weighted by Crippen LogP contribution is 2.30. The third kappa shape index (κ3) is 3.94. The molecule has 0 bridgehead atoms. The van der Waals surface area contributed by atoms with Crippen LogP contribution in [0.15, 0.2) is 91.0 Å². The second kappa shape index (κ2) is 7.86. The van der Waals surface area contributed by atoms with Gasteiger partial charge in [-0.05, 0) is 41.8 Å². The summed E-state index contributed by atoms with van der Waals surface area (Å²) in [6.07, 6.45) is 0. The number of carbonyl (C=O) groups is 2. The fraction of sp³-hybridized carbons (Fsp3) is 0. The van der Waals surface area contributed by atoms with E-state index in [2.05, 4.69) is 5.32 Å². The molecule has 0 heterocycles. The average molecular weight is 382 g/mol. The normalized spacial score (nSPS) is 10.5. The molecule has 142 valence electrons. The van der Waals surface area contributed by atoms with Gasteiger partial charge in [-0.3, -0.25) is 4.79 Å². The molecule has 1 N–H and O–H groups in total. The average Bonchev–Trinajstić information content (AvgIpc) is 2.75. The van der Waals surface area contributed by atoms with Gasteiger partial charge in [-0.1, -0.05) is 54.6 Å². The Labute approximate surface area is 167 Å². The van der Waals surface area contributed by atoms with Crippen molar-refractivity contribution in [2.75, 3.05) is 5.32 Å². The van der Waals surface area contributed by atoms with Gasteiger partial charge in [-0.2, -0.15) is 0 Å². The molecule has 0 unspecified atom stereocenters. The van der Waals surface area contributed by atoms with Gasteiger partial charge >= 0.3 is 0 Å². The minimum atomic E-state index is -1.39. The summed E-state index contributed by atoms with van der Waals surface area (Å²) in [6.45, 7) is 0. The summed E-state index contributed by atoms with van der Waals surface area (Å²) in [4.78, 5) is 23.6. The zero-order chi connectivity index (χ0) is 20.2. The standard InChI is InChI=1S/C24H17NO4/c26-23(20-9-3-4-10-21(20)24(27)28)25-17-12-14-18(15-13-17)29-22-11-5-7-16-6-1-2-8-19(16)22/h1-15H,(H,25,26)(H,27,28)/p-1. The minimum Gasteiger partial charge on any atom is -0.545 e. The first kappa shape index (κ1) is 18.3. The molecule has 0 radical (unpaired) electrons. The zero-order valence-corrected chi connectivity index (χ0v) is 15.3. The van der Waals surface area contributed by atoms with Crippen LogP contribution < -0.4 is 15.2 Å². The molecule has 0 saturated carbocycles. The molecule has 1 amide bonds. The Morgan fingerprint density at radius 2 is 1.38 bits per heavy atom. The first-order valence-corrected chi connectivity index (χ1v) is 8.99. The predicted molar refractivity (Wildman–Crippen MR) is 109 cm³/mol. The molecule has 0 atom stereocenters. The maximum Gasteiger partial charge on any atom is 0.256 e. The number of benzene rings is 4. The number of hydrogen-bond donors (Lipinski definition) is 1. The fourth-order valence-corrected chi connectivity index (χ4v) is 3.08. The minimum absolute atomic E-state index is 0.0450. The second-order valence-corrected chi connectivity index (χ2v) is 6.39. The van der Waals surface area contributed by atoms with E-state index < -0.39 is 11.9 Å². The van der Waals surface area contributed by atoms with E-state index in [9.17, 15) is 14.7 Å². The number of ether oxygens (including phenoxy) is 1. The van der Waals surface area contributed by atoms with Crippen molar-refractivity contribution in [1.82, 2.24) is 0 Å². The number of carboxylic acid groups (broad SMARTS) is 1. The van der Waals surface area contributed by atoms with E-state index >= 15 is 0 Å². The summed E-state index contributed by atoms with van der Waals surface area (Å²) in [6, 6.07) is 26.6. The van der Waals surface area contributed by atoms with Crippen molar-refractivity contribution >= 4 is 28.3 Å². The molecule has 5 nitrogen and oxygen atoms in total. The van der Waals surface area contributed by atoms with E-state index in [4.69, 9.17) is 4.74 Å². The number of aromatic carboxylic acids is 1. The van der Waals surface area contributed by atoms with Gasteiger partial charge in [0.05, 0.1) is 5.97 Å². The van der Waals surface area contributed by atoms with Crippen LogP contribution in [-0.4, -0.2) is 11.9 Å². The number of anilines is 1. The maximum atomic E-state index is 12.4. The molecule has 0 aliphatic rings. The summed E-state index contributed by atoms with van der Waals surface area (Å²) in [5.74, 6) is -0.556. The van der Waals surface area contributed by atoms with Crippen molar-refractivity contribution in [2.45, 2.75) is 0 Å². The zero-order valence-electron chi connectivity index (χ0n) is 15.3. The molecule has 0 aliphatic heterocycles. The van der Waals surface area contributed by atoms with Crippen LogP contribution in [0, 0.1) is 0 Å². The molecule has 4 rings (SSSR count). The van der Waals surface area contributed by atoms with Gasteiger partial charge in [-0.25, -0.2) is 0 Å². The van der Waals surface area contributed by atoms with Crippen LogP contribution in [-0.2, 0) is 0 Å². The fourth-order valence-electron chi connectivity index (χ4n) is 3.08.